The number of rotatable bonds is 3. The van der Waals surface area contributed by atoms with Gasteiger partial charge in [-0.2, -0.15) is 5.26 Å². The number of hydrogen-bond donors (Lipinski definition) is 0. The maximum atomic E-state index is 13.5. The van der Waals surface area contributed by atoms with Crippen LogP contribution in [0.2, 0.25) is 0 Å². The van der Waals surface area contributed by atoms with E-state index in [-0.39, 0.29) is 22.9 Å². The van der Waals surface area contributed by atoms with Crippen LogP contribution in [-0.4, -0.2) is 15.3 Å². The van der Waals surface area contributed by atoms with Crippen LogP contribution in [-0.2, 0) is 6.54 Å². The summed E-state index contributed by atoms with van der Waals surface area (Å²) in [5.41, 5.74) is 4.96. The van der Waals surface area contributed by atoms with Gasteiger partial charge in [0.15, 0.2) is 5.78 Å². The van der Waals surface area contributed by atoms with E-state index in [0.29, 0.717) is 17.7 Å². The molecule has 31 heavy (non-hydrogen) atoms. The molecule has 1 fully saturated rings. The van der Waals surface area contributed by atoms with Gasteiger partial charge in [-0.25, -0.2) is 9.37 Å². The topological polar surface area (TPSA) is 58.7 Å². The first-order chi connectivity index (χ1) is 15.0. The highest BCUT2D eigenvalue weighted by Gasteiger charge is 2.46. The summed E-state index contributed by atoms with van der Waals surface area (Å²) in [6.45, 7) is 2.87. The second-order valence-corrected chi connectivity index (χ2v) is 8.70. The lowest BCUT2D eigenvalue weighted by Gasteiger charge is -2.45. The van der Waals surface area contributed by atoms with Gasteiger partial charge in [0.1, 0.15) is 5.82 Å². The first-order valence-electron chi connectivity index (χ1n) is 10.6. The lowest BCUT2D eigenvalue weighted by molar-refractivity contribution is 0.0727. The van der Waals surface area contributed by atoms with Gasteiger partial charge in [-0.15, -0.1) is 0 Å². The highest BCUT2D eigenvalue weighted by atomic mass is 19.1. The molecular formula is C26H22FN3O. The van der Waals surface area contributed by atoms with Crippen molar-refractivity contribution in [3.63, 3.8) is 0 Å². The van der Waals surface area contributed by atoms with Gasteiger partial charge in [-0.3, -0.25) is 4.79 Å². The summed E-state index contributed by atoms with van der Waals surface area (Å²) in [5.74, 6) is -0.246. The first kappa shape index (κ1) is 19.4. The Kier molecular flexibility index (Phi) is 4.59. The molecule has 154 valence electrons. The zero-order valence-electron chi connectivity index (χ0n) is 17.3. The number of hydrogen-bond acceptors (Lipinski definition) is 3. The molecule has 5 rings (SSSR count). The molecule has 1 aromatic heterocycles. The molecule has 0 unspecified atom stereocenters. The number of carbonyl (C=O) groups is 1. The molecule has 2 aromatic carbocycles. The summed E-state index contributed by atoms with van der Waals surface area (Å²) >= 11 is 0. The van der Waals surface area contributed by atoms with Crippen LogP contribution in [0.3, 0.4) is 0 Å². The smallest absolute Gasteiger partial charge is 0.166 e. The van der Waals surface area contributed by atoms with E-state index in [1.165, 1.54) is 17.7 Å². The zero-order valence-corrected chi connectivity index (χ0v) is 17.3. The molecule has 1 saturated carbocycles. The number of ketones is 1. The minimum absolute atomic E-state index is 0.120. The Balaban J connectivity index is 1.51. The molecule has 1 aliphatic carbocycles. The van der Waals surface area contributed by atoms with Crippen molar-refractivity contribution in [1.29, 1.82) is 5.26 Å². The highest BCUT2D eigenvalue weighted by molar-refractivity contribution is 5.99. The standard InChI is InChI=1S/C26H22FN3O/c1-26-15-30-16-29-24(18-9-11-21(27)12-10-18)23(30)13-20(26)3-2-4-22(26)25(31)19-7-5-17(14-28)6-8-19/h5-13,16,22H,2-4,15H2,1H3/t22-,26+/m1/s1. The third-order valence-corrected chi connectivity index (χ3v) is 6.86. The molecule has 2 atom stereocenters. The molecule has 0 radical (unpaired) electrons. The summed E-state index contributed by atoms with van der Waals surface area (Å²) in [4.78, 5) is 18.1. The molecule has 0 N–H and O–H groups in total. The van der Waals surface area contributed by atoms with Crippen LogP contribution < -0.4 is 0 Å². The van der Waals surface area contributed by atoms with E-state index in [2.05, 4.69) is 28.6 Å². The van der Waals surface area contributed by atoms with Crippen molar-refractivity contribution in [3.8, 4) is 17.3 Å². The van der Waals surface area contributed by atoms with Gasteiger partial charge in [-0.05, 0) is 61.7 Å². The summed E-state index contributed by atoms with van der Waals surface area (Å²) in [7, 11) is 0. The van der Waals surface area contributed by atoms with Crippen LogP contribution in [0.4, 0.5) is 4.39 Å². The average molecular weight is 411 g/mol. The maximum Gasteiger partial charge on any atom is 0.166 e. The number of fused-ring (bicyclic) bond motifs is 2. The van der Waals surface area contributed by atoms with Gasteiger partial charge < -0.3 is 4.57 Å². The monoisotopic (exact) mass is 411 g/mol. The average Bonchev–Trinajstić information content (AvgIpc) is 3.19. The summed E-state index contributed by atoms with van der Waals surface area (Å²) < 4.78 is 15.5. The number of benzene rings is 2. The van der Waals surface area contributed by atoms with Crippen LogP contribution in [0, 0.1) is 28.5 Å². The summed E-state index contributed by atoms with van der Waals surface area (Å²) in [5, 5.41) is 9.03. The predicted octanol–water partition coefficient (Wildman–Crippen LogP) is 5.65. The van der Waals surface area contributed by atoms with Crippen molar-refractivity contribution in [3.05, 3.63) is 83.1 Å². The second kappa shape index (κ2) is 7.31. The van der Waals surface area contributed by atoms with Gasteiger partial charge in [0.2, 0.25) is 0 Å². The molecule has 0 bridgehead atoms. The predicted molar refractivity (Wildman–Crippen MR) is 117 cm³/mol. The summed E-state index contributed by atoms with van der Waals surface area (Å²) in [6.07, 6.45) is 6.79. The van der Waals surface area contributed by atoms with Gasteiger partial charge in [0.25, 0.3) is 0 Å². The van der Waals surface area contributed by atoms with Gasteiger partial charge in [0.05, 0.1) is 29.3 Å². The van der Waals surface area contributed by atoms with Crippen LogP contribution in [0.25, 0.3) is 17.3 Å². The van der Waals surface area contributed by atoms with Crippen LogP contribution in [0.5, 0.6) is 0 Å². The van der Waals surface area contributed by atoms with Gasteiger partial charge in [-0.1, -0.05) is 24.6 Å². The quantitative estimate of drug-likeness (QED) is 0.524. The fourth-order valence-corrected chi connectivity index (χ4v) is 5.12. The van der Waals surface area contributed by atoms with E-state index >= 15 is 0 Å². The lowest BCUT2D eigenvalue weighted by atomic mass is 9.61. The van der Waals surface area contributed by atoms with E-state index in [0.717, 1.165) is 36.2 Å². The minimum atomic E-state index is -0.281. The molecule has 3 aromatic rings. The normalized spacial score (nSPS) is 22.1. The third-order valence-electron chi connectivity index (χ3n) is 6.86. The molecule has 4 nitrogen and oxygen atoms in total. The molecule has 0 saturated heterocycles. The second-order valence-electron chi connectivity index (χ2n) is 8.70. The van der Waals surface area contributed by atoms with Crippen molar-refractivity contribution < 1.29 is 9.18 Å². The van der Waals surface area contributed by atoms with Crippen molar-refractivity contribution in [2.75, 3.05) is 0 Å². The zero-order chi connectivity index (χ0) is 21.6. The fourth-order valence-electron chi connectivity index (χ4n) is 5.12. The fraction of sp³-hybridized carbons (Fsp3) is 0.269. The number of halogens is 1. The van der Waals surface area contributed by atoms with Crippen LogP contribution in [0.1, 0.15) is 47.8 Å². The highest BCUT2D eigenvalue weighted by Crippen LogP contribution is 2.51. The Morgan fingerprint density at radius 2 is 1.94 bits per heavy atom. The number of Topliss-reactive ketones (excluding diaryl/α,β-unsaturated/α-hetero) is 1. The lowest BCUT2D eigenvalue weighted by Crippen LogP contribution is -2.43. The number of allylic oxidation sites excluding steroid dienone is 1. The van der Waals surface area contributed by atoms with E-state index in [1.54, 1.807) is 36.4 Å². The van der Waals surface area contributed by atoms with E-state index < -0.39 is 0 Å². The number of carbonyl (C=O) groups excluding carboxylic acids is 1. The molecule has 2 aliphatic rings. The van der Waals surface area contributed by atoms with Crippen molar-refractivity contribution >= 4 is 11.9 Å². The number of nitriles is 1. The third kappa shape index (κ3) is 3.19. The molecule has 0 spiro atoms. The van der Waals surface area contributed by atoms with E-state index in [1.807, 2.05) is 6.33 Å². The van der Waals surface area contributed by atoms with Gasteiger partial charge in [0, 0.05) is 29.0 Å². The largest absolute Gasteiger partial charge is 0.330 e. The number of imidazole rings is 1. The van der Waals surface area contributed by atoms with E-state index in [4.69, 9.17) is 5.26 Å². The Morgan fingerprint density at radius 3 is 2.65 bits per heavy atom. The molecule has 2 heterocycles. The Bertz CT molecular complexity index is 1230. The number of nitrogens with zero attached hydrogens (tertiary/aromatic N) is 3. The first-order valence-corrected chi connectivity index (χ1v) is 10.6. The van der Waals surface area contributed by atoms with E-state index in [9.17, 15) is 9.18 Å². The van der Waals surface area contributed by atoms with Crippen molar-refractivity contribution in [1.82, 2.24) is 9.55 Å². The molecule has 0 amide bonds. The molecule has 1 aliphatic heterocycles. The SMILES string of the molecule is C[C@]12Cn3cnc(-c4ccc(F)cc4)c3C=C1CCC[C@@H]2C(=O)c1ccc(C#N)cc1. The Morgan fingerprint density at radius 1 is 1.19 bits per heavy atom. The number of aromatic nitrogens is 2. The molecule has 5 heteroatoms. The summed E-state index contributed by atoms with van der Waals surface area (Å²) in [6, 6.07) is 15.5. The van der Waals surface area contributed by atoms with Crippen LogP contribution in [0.15, 0.2) is 60.4 Å². The van der Waals surface area contributed by atoms with Crippen molar-refractivity contribution in [2.45, 2.75) is 32.7 Å². The minimum Gasteiger partial charge on any atom is -0.330 e. The van der Waals surface area contributed by atoms with Crippen LogP contribution >= 0.6 is 0 Å². The Hall–Kier alpha value is -3.52. The molecular weight excluding hydrogens is 389 g/mol. The maximum absolute atomic E-state index is 13.5. The van der Waals surface area contributed by atoms with Gasteiger partial charge >= 0.3 is 0 Å². The van der Waals surface area contributed by atoms with Crippen molar-refractivity contribution in [2.24, 2.45) is 11.3 Å². The Labute approximate surface area is 180 Å².